The maximum absolute atomic E-state index is 14.3. The molecule has 4 rings (SSSR count). The molecule has 1 aromatic carbocycles. The molecule has 14 heteroatoms. The molecule has 32 heavy (non-hydrogen) atoms. The van der Waals surface area contributed by atoms with Gasteiger partial charge < -0.3 is 5.32 Å². The summed E-state index contributed by atoms with van der Waals surface area (Å²) in [7, 11) is 1.28. The van der Waals surface area contributed by atoms with Crippen molar-refractivity contribution in [3.8, 4) is 11.3 Å². The van der Waals surface area contributed by atoms with E-state index in [-0.39, 0.29) is 38.7 Å². The van der Waals surface area contributed by atoms with Crippen LogP contribution in [-0.2, 0) is 24.4 Å². The number of aromatic nitrogens is 4. The van der Waals surface area contributed by atoms with Crippen LogP contribution in [0.15, 0.2) is 33.2 Å². The highest BCUT2D eigenvalue weighted by Crippen LogP contribution is 2.36. The molecule has 0 aliphatic heterocycles. The molecule has 2 N–H and O–H groups in total. The Morgan fingerprint density at radius 1 is 1.28 bits per heavy atom. The summed E-state index contributed by atoms with van der Waals surface area (Å²) in [5.41, 5.74) is -2.89. The van der Waals surface area contributed by atoms with Crippen LogP contribution in [0.4, 0.5) is 22.7 Å². The van der Waals surface area contributed by atoms with Gasteiger partial charge >= 0.3 is 11.9 Å². The SMILES string of the molecule is Cn1c(=O)[nH]c2snc(CC(=O)Nc3nc(-c4cccc(C(F)(F)F)c4F)cs3)c2c1=O. The Morgan fingerprint density at radius 3 is 2.75 bits per heavy atom. The number of aromatic amines is 1. The van der Waals surface area contributed by atoms with E-state index in [4.69, 9.17) is 0 Å². The zero-order chi connectivity index (χ0) is 23.2. The first-order valence-electron chi connectivity index (χ1n) is 8.75. The predicted molar refractivity (Wildman–Crippen MR) is 110 cm³/mol. The quantitative estimate of drug-likeness (QED) is 0.432. The standard InChI is InChI=1S/C18H11F4N5O3S2/c1-27-15(29)12-9(26-32-14(12)25-17(27)30)5-11(28)24-16-23-10(6-31-16)7-3-2-4-8(13(7)19)18(20,21)22/h2-4,6H,5H2,1H3,(H,25,30)(H,23,24,28). The Kier molecular flexibility index (Phi) is 5.42. The smallest absolute Gasteiger partial charge is 0.302 e. The first-order valence-corrected chi connectivity index (χ1v) is 10.4. The van der Waals surface area contributed by atoms with E-state index in [1.54, 1.807) is 0 Å². The normalized spacial score (nSPS) is 11.8. The van der Waals surface area contributed by atoms with Crippen molar-refractivity contribution in [2.75, 3.05) is 5.32 Å². The summed E-state index contributed by atoms with van der Waals surface area (Å²) in [6, 6.07) is 2.85. The van der Waals surface area contributed by atoms with Crippen LogP contribution in [0.5, 0.6) is 0 Å². The van der Waals surface area contributed by atoms with Crippen molar-refractivity contribution >= 4 is 44.1 Å². The number of halogens is 4. The highest BCUT2D eigenvalue weighted by Gasteiger charge is 2.35. The van der Waals surface area contributed by atoms with Crippen molar-refractivity contribution in [3.63, 3.8) is 0 Å². The number of hydrogen-bond acceptors (Lipinski definition) is 7. The molecule has 8 nitrogen and oxygen atoms in total. The molecule has 1 amide bonds. The Labute approximate surface area is 183 Å². The van der Waals surface area contributed by atoms with Crippen molar-refractivity contribution in [2.45, 2.75) is 12.6 Å². The maximum Gasteiger partial charge on any atom is 0.419 e. The minimum absolute atomic E-state index is 0.0302. The summed E-state index contributed by atoms with van der Waals surface area (Å²) in [5, 5.41) is 3.90. The molecule has 166 valence electrons. The van der Waals surface area contributed by atoms with Gasteiger partial charge in [-0.25, -0.2) is 14.2 Å². The van der Waals surface area contributed by atoms with Crippen LogP contribution < -0.4 is 16.6 Å². The van der Waals surface area contributed by atoms with Gasteiger partial charge in [-0.05, 0) is 23.7 Å². The van der Waals surface area contributed by atoms with Crippen molar-refractivity contribution in [3.05, 3.63) is 61.5 Å². The topological polar surface area (TPSA) is 110 Å². The largest absolute Gasteiger partial charge is 0.419 e. The van der Waals surface area contributed by atoms with Gasteiger partial charge in [-0.2, -0.15) is 17.5 Å². The monoisotopic (exact) mass is 485 g/mol. The summed E-state index contributed by atoms with van der Waals surface area (Å²) in [4.78, 5) is 43.1. The number of H-pyrrole nitrogens is 1. The van der Waals surface area contributed by atoms with Crippen LogP contribution in [0.3, 0.4) is 0 Å². The van der Waals surface area contributed by atoms with Crippen molar-refractivity contribution in [1.82, 2.24) is 18.9 Å². The lowest BCUT2D eigenvalue weighted by Crippen LogP contribution is -2.32. The van der Waals surface area contributed by atoms with Crippen LogP contribution in [0.2, 0.25) is 0 Å². The van der Waals surface area contributed by atoms with E-state index in [1.165, 1.54) is 12.4 Å². The number of hydrogen-bond donors (Lipinski definition) is 2. The first kappa shape index (κ1) is 21.8. The van der Waals surface area contributed by atoms with Crippen LogP contribution in [0.1, 0.15) is 11.3 Å². The van der Waals surface area contributed by atoms with Gasteiger partial charge in [0.25, 0.3) is 5.56 Å². The number of benzene rings is 1. The fourth-order valence-corrected chi connectivity index (χ4v) is 4.42. The summed E-state index contributed by atoms with van der Waals surface area (Å²) in [6.45, 7) is 0. The first-order chi connectivity index (χ1) is 15.1. The van der Waals surface area contributed by atoms with Crippen LogP contribution in [0, 0.1) is 5.82 Å². The van der Waals surface area contributed by atoms with E-state index in [1.807, 2.05) is 0 Å². The van der Waals surface area contributed by atoms with Crippen molar-refractivity contribution < 1.29 is 22.4 Å². The van der Waals surface area contributed by atoms with Gasteiger partial charge in [0, 0.05) is 18.0 Å². The lowest BCUT2D eigenvalue weighted by molar-refractivity contribution is -0.139. The molecule has 0 fully saturated rings. The van der Waals surface area contributed by atoms with E-state index in [9.17, 15) is 31.9 Å². The average molecular weight is 485 g/mol. The predicted octanol–water partition coefficient (Wildman–Crippen LogP) is 3.15. The second-order valence-corrected chi connectivity index (χ2v) is 8.19. The zero-order valence-electron chi connectivity index (χ0n) is 15.9. The summed E-state index contributed by atoms with van der Waals surface area (Å²) in [5.74, 6) is -2.06. The van der Waals surface area contributed by atoms with Gasteiger partial charge in [0.1, 0.15) is 10.6 Å². The summed E-state index contributed by atoms with van der Waals surface area (Å²) in [6.07, 6.45) is -5.17. The van der Waals surface area contributed by atoms with Gasteiger partial charge in [0.2, 0.25) is 5.91 Å². The third-order valence-corrected chi connectivity index (χ3v) is 6.02. The number of fused-ring (bicyclic) bond motifs is 1. The third-order valence-electron chi connectivity index (χ3n) is 4.46. The lowest BCUT2D eigenvalue weighted by atomic mass is 10.1. The molecule has 0 bridgehead atoms. The van der Waals surface area contributed by atoms with E-state index in [2.05, 4.69) is 19.7 Å². The highest BCUT2D eigenvalue weighted by atomic mass is 32.1. The molecule has 0 saturated heterocycles. The summed E-state index contributed by atoms with van der Waals surface area (Å²) >= 11 is 1.76. The molecule has 0 radical (unpaired) electrons. The number of anilines is 1. The van der Waals surface area contributed by atoms with Gasteiger partial charge in [-0.15, -0.1) is 11.3 Å². The molecule has 0 aliphatic carbocycles. The molecular formula is C18H11F4N5O3S2. The van der Waals surface area contributed by atoms with Crippen LogP contribution in [0.25, 0.3) is 21.5 Å². The van der Waals surface area contributed by atoms with Crippen LogP contribution >= 0.6 is 22.9 Å². The molecule has 4 aromatic rings. The van der Waals surface area contributed by atoms with E-state index >= 15 is 0 Å². The number of nitrogens with zero attached hydrogens (tertiary/aromatic N) is 3. The van der Waals surface area contributed by atoms with E-state index in [0.717, 1.165) is 39.6 Å². The Morgan fingerprint density at radius 2 is 2.03 bits per heavy atom. The number of alkyl halides is 3. The number of nitrogens with one attached hydrogen (secondary N) is 2. The minimum Gasteiger partial charge on any atom is -0.302 e. The van der Waals surface area contributed by atoms with Gasteiger partial charge in [-0.1, -0.05) is 6.07 Å². The molecule has 0 aliphatic rings. The molecule has 0 atom stereocenters. The molecule has 3 aromatic heterocycles. The Balaban J connectivity index is 1.56. The Hall–Kier alpha value is -3.39. The highest BCUT2D eigenvalue weighted by molar-refractivity contribution is 7.14. The van der Waals surface area contributed by atoms with Crippen LogP contribution in [-0.4, -0.2) is 24.8 Å². The lowest BCUT2D eigenvalue weighted by Gasteiger charge is -2.09. The number of rotatable bonds is 4. The van der Waals surface area contributed by atoms with E-state index in [0.29, 0.717) is 6.07 Å². The van der Waals surface area contributed by atoms with Gasteiger partial charge in [-0.3, -0.25) is 19.1 Å². The summed E-state index contributed by atoms with van der Waals surface area (Å²) < 4.78 is 58.0. The van der Waals surface area contributed by atoms with E-state index < -0.39 is 34.7 Å². The second kappa shape index (κ2) is 7.94. The zero-order valence-corrected chi connectivity index (χ0v) is 17.5. The molecule has 0 spiro atoms. The number of carbonyl (C=O) groups excluding carboxylic acids is 1. The van der Waals surface area contributed by atoms with Crippen molar-refractivity contribution in [2.24, 2.45) is 7.05 Å². The number of carbonyl (C=O) groups is 1. The third kappa shape index (κ3) is 3.93. The minimum atomic E-state index is -4.86. The number of thiazole rings is 1. The molecule has 3 heterocycles. The number of amides is 1. The average Bonchev–Trinajstić information content (AvgIpc) is 3.32. The molecule has 0 unspecified atom stereocenters. The Bertz CT molecular complexity index is 1470. The fraction of sp³-hybridized carbons (Fsp3) is 0.167. The second-order valence-electron chi connectivity index (χ2n) is 6.56. The van der Waals surface area contributed by atoms with Gasteiger partial charge in [0.15, 0.2) is 5.13 Å². The fourth-order valence-electron chi connectivity index (χ4n) is 2.91. The van der Waals surface area contributed by atoms with Gasteiger partial charge in [0.05, 0.1) is 28.8 Å². The van der Waals surface area contributed by atoms with Crippen molar-refractivity contribution in [1.29, 1.82) is 0 Å². The molecule has 0 saturated carbocycles. The molecular weight excluding hydrogens is 474 g/mol. The maximum atomic E-state index is 14.3.